The third-order valence-electron chi connectivity index (χ3n) is 3.85. The molecule has 1 aliphatic rings. The number of hydrogen-bond donors (Lipinski definition) is 1. The van der Waals surface area contributed by atoms with Crippen molar-refractivity contribution >= 4 is 11.0 Å². The number of aromatic nitrogens is 3. The predicted octanol–water partition coefficient (Wildman–Crippen LogP) is 1.95. The van der Waals surface area contributed by atoms with Crippen molar-refractivity contribution in [3.63, 3.8) is 0 Å². The smallest absolute Gasteiger partial charge is 0.112 e. The van der Waals surface area contributed by atoms with E-state index >= 15 is 0 Å². The average molecular weight is 230 g/mol. The molecule has 2 N–H and O–H groups in total. The first-order valence-corrected chi connectivity index (χ1v) is 6.27. The van der Waals surface area contributed by atoms with E-state index in [0.29, 0.717) is 12.0 Å². The largest absolute Gasteiger partial charge is 0.330 e. The standard InChI is InChI=1S/C13H18N4/c1-17-12-8-15-7-6-11(12)16-13(17)9-2-4-10(14)5-3-9/h6-10H,2-5,14H2,1H3. The first-order valence-electron chi connectivity index (χ1n) is 6.27. The van der Waals surface area contributed by atoms with E-state index in [0.717, 1.165) is 36.7 Å². The van der Waals surface area contributed by atoms with Crippen LogP contribution in [0.25, 0.3) is 11.0 Å². The second-order valence-electron chi connectivity index (χ2n) is 5.01. The lowest BCUT2D eigenvalue weighted by Crippen LogP contribution is -2.26. The molecule has 0 saturated heterocycles. The van der Waals surface area contributed by atoms with Crippen molar-refractivity contribution in [3.8, 4) is 0 Å². The molecule has 1 saturated carbocycles. The monoisotopic (exact) mass is 230 g/mol. The molecule has 2 aromatic rings. The van der Waals surface area contributed by atoms with E-state index < -0.39 is 0 Å². The number of aryl methyl sites for hydroxylation is 1. The quantitative estimate of drug-likeness (QED) is 0.814. The molecule has 0 bridgehead atoms. The Kier molecular flexibility index (Phi) is 2.59. The van der Waals surface area contributed by atoms with Gasteiger partial charge in [-0.05, 0) is 31.7 Å². The molecule has 3 rings (SSSR count). The Morgan fingerprint density at radius 2 is 2.06 bits per heavy atom. The van der Waals surface area contributed by atoms with Gasteiger partial charge in [-0.15, -0.1) is 0 Å². The van der Waals surface area contributed by atoms with Gasteiger partial charge in [0.25, 0.3) is 0 Å². The van der Waals surface area contributed by atoms with Gasteiger partial charge in [0.2, 0.25) is 0 Å². The highest BCUT2D eigenvalue weighted by molar-refractivity contribution is 5.74. The van der Waals surface area contributed by atoms with Gasteiger partial charge < -0.3 is 10.3 Å². The van der Waals surface area contributed by atoms with Crippen molar-refractivity contribution in [3.05, 3.63) is 24.3 Å². The maximum absolute atomic E-state index is 5.95. The Labute approximate surface area is 101 Å². The molecule has 2 aromatic heterocycles. The molecule has 0 spiro atoms. The van der Waals surface area contributed by atoms with Gasteiger partial charge in [0, 0.05) is 25.2 Å². The summed E-state index contributed by atoms with van der Waals surface area (Å²) in [5.74, 6) is 1.76. The third-order valence-corrected chi connectivity index (χ3v) is 3.85. The molecule has 0 unspecified atom stereocenters. The van der Waals surface area contributed by atoms with E-state index in [1.54, 1.807) is 6.20 Å². The number of fused-ring (bicyclic) bond motifs is 1. The molecular formula is C13H18N4. The average Bonchev–Trinajstić information content (AvgIpc) is 2.69. The first-order chi connectivity index (χ1) is 8.25. The van der Waals surface area contributed by atoms with Gasteiger partial charge >= 0.3 is 0 Å². The topological polar surface area (TPSA) is 56.7 Å². The van der Waals surface area contributed by atoms with Gasteiger partial charge in [0.15, 0.2) is 0 Å². The van der Waals surface area contributed by atoms with Crippen LogP contribution >= 0.6 is 0 Å². The SMILES string of the molecule is Cn1c(C2CCC(N)CC2)nc2ccncc21. The molecule has 0 aromatic carbocycles. The highest BCUT2D eigenvalue weighted by Gasteiger charge is 2.24. The van der Waals surface area contributed by atoms with Crippen LogP contribution in [0, 0.1) is 0 Å². The lowest BCUT2D eigenvalue weighted by molar-refractivity contribution is 0.380. The van der Waals surface area contributed by atoms with Crippen LogP contribution in [-0.2, 0) is 7.05 Å². The van der Waals surface area contributed by atoms with E-state index in [1.165, 1.54) is 5.82 Å². The summed E-state index contributed by atoms with van der Waals surface area (Å²) in [6.45, 7) is 0. The first kappa shape index (κ1) is 10.7. The number of nitrogens with two attached hydrogens (primary N) is 1. The van der Waals surface area contributed by atoms with Crippen LogP contribution in [0.15, 0.2) is 18.5 Å². The van der Waals surface area contributed by atoms with Crippen LogP contribution in [0.2, 0.25) is 0 Å². The Balaban J connectivity index is 1.97. The summed E-state index contributed by atoms with van der Waals surface area (Å²) in [7, 11) is 2.08. The van der Waals surface area contributed by atoms with Crippen molar-refractivity contribution in [2.45, 2.75) is 37.6 Å². The normalized spacial score (nSPS) is 25.3. The van der Waals surface area contributed by atoms with Crippen molar-refractivity contribution in [1.82, 2.24) is 14.5 Å². The molecule has 0 aliphatic heterocycles. The third kappa shape index (κ3) is 1.82. The predicted molar refractivity (Wildman–Crippen MR) is 67.7 cm³/mol. The summed E-state index contributed by atoms with van der Waals surface area (Å²) in [5, 5.41) is 0. The molecule has 0 radical (unpaired) electrons. The molecule has 4 nitrogen and oxygen atoms in total. The minimum atomic E-state index is 0.391. The molecule has 2 heterocycles. The van der Waals surface area contributed by atoms with Gasteiger partial charge in [-0.2, -0.15) is 0 Å². The lowest BCUT2D eigenvalue weighted by Gasteiger charge is -2.25. The molecule has 17 heavy (non-hydrogen) atoms. The summed E-state index contributed by atoms with van der Waals surface area (Å²) >= 11 is 0. The Morgan fingerprint density at radius 1 is 1.29 bits per heavy atom. The highest BCUT2D eigenvalue weighted by atomic mass is 15.1. The van der Waals surface area contributed by atoms with Gasteiger partial charge in [0.05, 0.1) is 17.2 Å². The van der Waals surface area contributed by atoms with Gasteiger partial charge in [-0.1, -0.05) is 0 Å². The Hall–Kier alpha value is -1.42. The van der Waals surface area contributed by atoms with Crippen LogP contribution in [-0.4, -0.2) is 20.6 Å². The van der Waals surface area contributed by atoms with Gasteiger partial charge in [-0.3, -0.25) is 4.98 Å². The minimum absolute atomic E-state index is 0.391. The fraction of sp³-hybridized carbons (Fsp3) is 0.538. The highest BCUT2D eigenvalue weighted by Crippen LogP contribution is 2.32. The van der Waals surface area contributed by atoms with E-state index in [4.69, 9.17) is 10.7 Å². The molecular weight excluding hydrogens is 212 g/mol. The number of hydrogen-bond acceptors (Lipinski definition) is 3. The second-order valence-corrected chi connectivity index (χ2v) is 5.01. The van der Waals surface area contributed by atoms with Gasteiger partial charge in [-0.25, -0.2) is 4.98 Å². The number of pyridine rings is 1. The summed E-state index contributed by atoms with van der Waals surface area (Å²) in [6, 6.07) is 2.37. The Bertz CT molecular complexity index is 523. The van der Waals surface area contributed by atoms with E-state index in [2.05, 4.69) is 16.6 Å². The second kappa shape index (κ2) is 4.11. The summed E-state index contributed by atoms with van der Waals surface area (Å²) < 4.78 is 2.18. The zero-order valence-corrected chi connectivity index (χ0v) is 10.1. The number of nitrogens with zero attached hydrogens (tertiary/aromatic N) is 3. The molecule has 0 atom stereocenters. The summed E-state index contributed by atoms with van der Waals surface area (Å²) in [6.07, 6.45) is 8.24. The Morgan fingerprint density at radius 3 is 2.76 bits per heavy atom. The zero-order valence-electron chi connectivity index (χ0n) is 10.1. The van der Waals surface area contributed by atoms with Crippen LogP contribution in [0.3, 0.4) is 0 Å². The van der Waals surface area contributed by atoms with Crippen LogP contribution in [0.4, 0.5) is 0 Å². The van der Waals surface area contributed by atoms with Crippen molar-refractivity contribution in [2.24, 2.45) is 12.8 Å². The number of imidazole rings is 1. The maximum atomic E-state index is 5.95. The molecule has 1 aliphatic carbocycles. The molecule has 4 heteroatoms. The van der Waals surface area contributed by atoms with Crippen LogP contribution < -0.4 is 5.73 Å². The van der Waals surface area contributed by atoms with E-state index in [1.807, 2.05) is 12.3 Å². The fourth-order valence-corrected chi connectivity index (χ4v) is 2.80. The van der Waals surface area contributed by atoms with Crippen molar-refractivity contribution < 1.29 is 0 Å². The van der Waals surface area contributed by atoms with Crippen LogP contribution in [0.1, 0.15) is 37.4 Å². The van der Waals surface area contributed by atoms with Crippen LogP contribution in [0.5, 0.6) is 0 Å². The van der Waals surface area contributed by atoms with E-state index in [-0.39, 0.29) is 0 Å². The summed E-state index contributed by atoms with van der Waals surface area (Å²) in [5.41, 5.74) is 8.12. The zero-order chi connectivity index (χ0) is 11.8. The number of rotatable bonds is 1. The van der Waals surface area contributed by atoms with Crippen molar-refractivity contribution in [1.29, 1.82) is 0 Å². The van der Waals surface area contributed by atoms with Gasteiger partial charge in [0.1, 0.15) is 5.82 Å². The molecule has 1 fully saturated rings. The molecule has 90 valence electrons. The summed E-state index contributed by atoms with van der Waals surface area (Å²) in [4.78, 5) is 8.91. The fourth-order valence-electron chi connectivity index (χ4n) is 2.80. The van der Waals surface area contributed by atoms with E-state index in [9.17, 15) is 0 Å². The van der Waals surface area contributed by atoms with Crippen molar-refractivity contribution in [2.75, 3.05) is 0 Å². The lowest BCUT2D eigenvalue weighted by atomic mass is 9.86. The molecule has 0 amide bonds. The maximum Gasteiger partial charge on any atom is 0.112 e. The minimum Gasteiger partial charge on any atom is -0.330 e.